The van der Waals surface area contributed by atoms with E-state index in [2.05, 4.69) is 19.9 Å². The average Bonchev–Trinajstić information content (AvgIpc) is 3.33. The van der Waals surface area contributed by atoms with Crippen molar-refractivity contribution in [1.82, 2.24) is 24.9 Å². The van der Waals surface area contributed by atoms with Gasteiger partial charge in [-0.3, -0.25) is 4.98 Å². The molecule has 6 rings (SSSR count). The van der Waals surface area contributed by atoms with Crippen molar-refractivity contribution >= 4 is 17.1 Å². The number of fused-ring (bicyclic) bond motifs is 3. The summed E-state index contributed by atoms with van der Waals surface area (Å²) < 4.78 is 19.4. The van der Waals surface area contributed by atoms with Crippen molar-refractivity contribution in [2.45, 2.75) is 37.2 Å². The molecule has 1 aliphatic carbocycles. The number of H-pyrrole nitrogens is 1. The number of nitrogens with one attached hydrogen (secondary N) is 1. The van der Waals surface area contributed by atoms with Crippen LogP contribution in [-0.4, -0.2) is 30.9 Å². The Kier molecular flexibility index (Phi) is 3.89. The standard InChI is InChI=1S/C23H18FN5O2/c24-15-3-1-2-14(10-15)19-26-12-18-21(28-19)29-20(27-18)13-4-7-23(8-5-13)17-11-25-9-6-16(17)22(30)31-23/h1-3,6,9-13H,4-5,7-8H2,(H,26,27,28,29). The first-order valence-electron chi connectivity index (χ1n) is 10.3. The molecule has 2 aliphatic rings. The molecule has 4 aromatic rings. The summed E-state index contributed by atoms with van der Waals surface area (Å²) in [6, 6.07) is 7.93. The Morgan fingerprint density at radius 2 is 2.00 bits per heavy atom. The molecular weight excluding hydrogens is 397 g/mol. The number of hydrogen-bond acceptors (Lipinski definition) is 6. The number of rotatable bonds is 2. The highest BCUT2D eigenvalue weighted by atomic mass is 19.1. The molecule has 31 heavy (non-hydrogen) atoms. The van der Waals surface area contributed by atoms with Gasteiger partial charge in [0.25, 0.3) is 0 Å². The van der Waals surface area contributed by atoms with Crippen LogP contribution < -0.4 is 0 Å². The van der Waals surface area contributed by atoms with Crippen molar-refractivity contribution in [3.05, 3.63) is 71.7 Å². The Balaban J connectivity index is 1.26. The van der Waals surface area contributed by atoms with Gasteiger partial charge in [-0.1, -0.05) is 12.1 Å². The molecule has 8 heteroatoms. The first-order chi connectivity index (χ1) is 15.1. The van der Waals surface area contributed by atoms with Crippen molar-refractivity contribution in [2.75, 3.05) is 0 Å². The fourth-order valence-corrected chi connectivity index (χ4v) is 4.74. The number of pyridine rings is 1. The summed E-state index contributed by atoms with van der Waals surface area (Å²) >= 11 is 0. The second kappa shape index (κ2) is 6.66. The van der Waals surface area contributed by atoms with Crippen LogP contribution in [0, 0.1) is 5.82 Å². The number of benzene rings is 1. The van der Waals surface area contributed by atoms with E-state index < -0.39 is 5.60 Å². The van der Waals surface area contributed by atoms with Crippen LogP contribution in [0.3, 0.4) is 0 Å². The Bertz CT molecular complexity index is 1330. The molecule has 0 bridgehead atoms. The number of esters is 1. The van der Waals surface area contributed by atoms with Crippen LogP contribution in [0.15, 0.2) is 48.9 Å². The summed E-state index contributed by atoms with van der Waals surface area (Å²) in [7, 11) is 0. The summed E-state index contributed by atoms with van der Waals surface area (Å²) in [6.07, 6.45) is 8.16. The lowest BCUT2D eigenvalue weighted by Crippen LogP contribution is -2.31. The van der Waals surface area contributed by atoms with Gasteiger partial charge in [-0.15, -0.1) is 0 Å². The molecule has 154 valence electrons. The minimum Gasteiger partial charge on any atom is -0.450 e. The zero-order valence-electron chi connectivity index (χ0n) is 16.5. The van der Waals surface area contributed by atoms with Crippen LogP contribution in [0.5, 0.6) is 0 Å². The van der Waals surface area contributed by atoms with Gasteiger partial charge < -0.3 is 9.72 Å². The molecule has 0 amide bonds. The topological polar surface area (TPSA) is 93.6 Å². The predicted molar refractivity (Wildman–Crippen MR) is 110 cm³/mol. The quantitative estimate of drug-likeness (QED) is 0.491. The van der Waals surface area contributed by atoms with Crippen LogP contribution >= 0.6 is 0 Å². The SMILES string of the molecule is O=C1OC2(CCC(c3nc4nc(-c5cccc(F)c5)ncc4[nH]3)CC2)c2cnccc21. The van der Waals surface area contributed by atoms with Gasteiger partial charge in [-0.05, 0) is 43.9 Å². The lowest BCUT2D eigenvalue weighted by atomic mass is 9.75. The second-order valence-corrected chi connectivity index (χ2v) is 8.14. The van der Waals surface area contributed by atoms with Gasteiger partial charge in [0.15, 0.2) is 11.5 Å². The summed E-state index contributed by atoms with van der Waals surface area (Å²) in [5.41, 5.74) is 2.86. The third-order valence-corrected chi connectivity index (χ3v) is 6.34. The number of hydrogen-bond donors (Lipinski definition) is 1. The molecule has 3 aromatic heterocycles. The molecule has 0 saturated heterocycles. The minimum absolute atomic E-state index is 0.205. The maximum atomic E-state index is 13.5. The zero-order valence-corrected chi connectivity index (χ0v) is 16.5. The molecule has 1 aromatic carbocycles. The summed E-state index contributed by atoms with van der Waals surface area (Å²) in [5.74, 6) is 0.905. The second-order valence-electron chi connectivity index (χ2n) is 8.14. The van der Waals surface area contributed by atoms with Gasteiger partial charge in [-0.2, -0.15) is 0 Å². The molecule has 7 nitrogen and oxygen atoms in total. The van der Waals surface area contributed by atoms with Gasteiger partial charge in [0, 0.05) is 29.4 Å². The molecule has 0 atom stereocenters. The molecule has 1 saturated carbocycles. The maximum Gasteiger partial charge on any atom is 0.339 e. The van der Waals surface area contributed by atoms with Crippen LogP contribution in [-0.2, 0) is 10.3 Å². The number of imidazole rings is 1. The van der Waals surface area contributed by atoms with Crippen LogP contribution in [0.4, 0.5) is 4.39 Å². The maximum absolute atomic E-state index is 13.5. The fraction of sp³-hybridized carbons (Fsp3) is 0.261. The smallest absolute Gasteiger partial charge is 0.339 e. The number of aromatic amines is 1. The highest BCUT2D eigenvalue weighted by molar-refractivity contribution is 5.94. The molecule has 1 aliphatic heterocycles. The molecule has 1 spiro atoms. The molecule has 1 N–H and O–H groups in total. The van der Waals surface area contributed by atoms with E-state index in [4.69, 9.17) is 9.72 Å². The van der Waals surface area contributed by atoms with Crippen molar-refractivity contribution < 1.29 is 13.9 Å². The number of carbonyl (C=O) groups is 1. The molecular formula is C23H18FN5O2. The van der Waals surface area contributed by atoms with Gasteiger partial charge in [-0.25, -0.2) is 24.1 Å². The van der Waals surface area contributed by atoms with E-state index in [1.54, 1.807) is 36.8 Å². The third kappa shape index (κ3) is 2.90. The van der Waals surface area contributed by atoms with Crippen molar-refractivity contribution in [3.63, 3.8) is 0 Å². The number of halogens is 1. The van der Waals surface area contributed by atoms with Crippen molar-refractivity contribution in [3.8, 4) is 11.4 Å². The Hall–Kier alpha value is -3.68. The first kappa shape index (κ1) is 18.1. The molecule has 4 heterocycles. The zero-order chi connectivity index (χ0) is 21.0. The van der Waals surface area contributed by atoms with Gasteiger partial charge in [0.05, 0.1) is 11.8 Å². The van der Waals surface area contributed by atoms with E-state index in [0.717, 1.165) is 42.6 Å². The predicted octanol–water partition coefficient (Wildman–Crippen LogP) is 4.28. The van der Waals surface area contributed by atoms with Crippen LogP contribution in [0.25, 0.3) is 22.6 Å². The van der Waals surface area contributed by atoms with E-state index >= 15 is 0 Å². The number of carbonyl (C=O) groups excluding carboxylic acids is 1. The Morgan fingerprint density at radius 3 is 2.84 bits per heavy atom. The van der Waals surface area contributed by atoms with Crippen LogP contribution in [0.2, 0.25) is 0 Å². The van der Waals surface area contributed by atoms with E-state index in [1.807, 2.05) is 0 Å². The van der Waals surface area contributed by atoms with E-state index in [1.165, 1.54) is 12.1 Å². The summed E-state index contributed by atoms with van der Waals surface area (Å²) in [6.45, 7) is 0. The summed E-state index contributed by atoms with van der Waals surface area (Å²) in [5, 5.41) is 0. The van der Waals surface area contributed by atoms with E-state index in [9.17, 15) is 9.18 Å². The van der Waals surface area contributed by atoms with Gasteiger partial charge in [0.1, 0.15) is 22.8 Å². The Morgan fingerprint density at radius 1 is 1.13 bits per heavy atom. The molecule has 1 fully saturated rings. The van der Waals surface area contributed by atoms with E-state index in [-0.39, 0.29) is 17.7 Å². The summed E-state index contributed by atoms with van der Waals surface area (Å²) in [4.78, 5) is 33.4. The van der Waals surface area contributed by atoms with E-state index in [0.29, 0.717) is 22.6 Å². The highest BCUT2D eigenvalue weighted by Gasteiger charge is 2.48. The van der Waals surface area contributed by atoms with Crippen molar-refractivity contribution in [1.29, 1.82) is 0 Å². The minimum atomic E-state index is -0.576. The van der Waals surface area contributed by atoms with Crippen molar-refractivity contribution in [2.24, 2.45) is 0 Å². The molecule has 0 radical (unpaired) electrons. The van der Waals surface area contributed by atoms with Gasteiger partial charge >= 0.3 is 5.97 Å². The lowest BCUT2D eigenvalue weighted by Gasteiger charge is -2.35. The number of nitrogens with zero attached hydrogens (tertiary/aromatic N) is 4. The Labute approximate surface area is 176 Å². The van der Waals surface area contributed by atoms with Crippen LogP contribution in [0.1, 0.15) is 53.3 Å². The fourth-order valence-electron chi connectivity index (χ4n) is 4.74. The average molecular weight is 415 g/mol. The monoisotopic (exact) mass is 415 g/mol. The lowest BCUT2D eigenvalue weighted by molar-refractivity contribution is -0.0313. The first-order valence-corrected chi connectivity index (χ1v) is 10.3. The van der Waals surface area contributed by atoms with Gasteiger partial charge in [0.2, 0.25) is 0 Å². The third-order valence-electron chi connectivity index (χ3n) is 6.34. The largest absolute Gasteiger partial charge is 0.450 e. The molecule has 0 unspecified atom stereocenters. The normalized spacial score (nSPS) is 22.6. The number of ether oxygens (including phenoxy) is 1. The highest BCUT2D eigenvalue weighted by Crippen LogP contribution is 2.49. The number of aromatic nitrogens is 5.